The Morgan fingerprint density at radius 2 is 2.00 bits per heavy atom. The molecule has 0 spiro atoms. The summed E-state index contributed by atoms with van der Waals surface area (Å²) >= 11 is 0. The average molecular weight is 371 g/mol. The highest BCUT2D eigenvalue weighted by Gasteiger charge is 2.30. The number of imidazole rings is 1. The van der Waals surface area contributed by atoms with Gasteiger partial charge in [-0.25, -0.2) is 4.98 Å². The van der Waals surface area contributed by atoms with Crippen LogP contribution in [0.4, 0.5) is 0 Å². The zero-order valence-corrected chi connectivity index (χ0v) is 15.3. The van der Waals surface area contributed by atoms with Crippen LogP contribution in [0.15, 0.2) is 24.4 Å². The summed E-state index contributed by atoms with van der Waals surface area (Å²) in [6.07, 6.45) is 4.16. The molecule has 4 rings (SSSR count). The molecule has 2 fully saturated rings. The van der Waals surface area contributed by atoms with E-state index in [1.807, 2.05) is 28.8 Å². The van der Waals surface area contributed by atoms with Crippen molar-refractivity contribution in [3.8, 4) is 0 Å². The van der Waals surface area contributed by atoms with Crippen molar-refractivity contribution in [2.45, 2.75) is 18.8 Å². The van der Waals surface area contributed by atoms with Gasteiger partial charge < -0.3 is 19.8 Å². The monoisotopic (exact) mass is 371 g/mol. The smallest absolute Gasteiger partial charge is 0.272 e. The highest BCUT2D eigenvalue weighted by molar-refractivity contribution is 6.00. The first kappa shape index (κ1) is 17.9. The summed E-state index contributed by atoms with van der Waals surface area (Å²) in [7, 11) is 0. The van der Waals surface area contributed by atoms with E-state index in [2.05, 4.69) is 20.5 Å². The zero-order valence-electron chi connectivity index (χ0n) is 15.3. The van der Waals surface area contributed by atoms with Crippen LogP contribution in [0.5, 0.6) is 0 Å². The van der Waals surface area contributed by atoms with E-state index in [0.717, 1.165) is 57.0 Å². The van der Waals surface area contributed by atoms with Crippen molar-refractivity contribution in [1.82, 2.24) is 24.9 Å². The quantitative estimate of drug-likeness (QED) is 0.735. The van der Waals surface area contributed by atoms with Gasteiger partial charge in [-0.3, -0.25) is 14.5 Å². The van der Waals surface area contributed by atoms with Crippen molar-refractivity contribution < 1.29 is 14.3 Å². The lowest BCUT2D eigenvalue weighted by molar-refractivity contribution is -0.120. The fraction of sp³-hybridized carbons (Fsp3) is 0.526. The number of carbonyl (C=O) groups excluding carboxylic acids is 2. The van der Waals surface area contributed by atoms with Crippen molar-refractivity contribution in [2.75, 3.05) is 45.9 Å². The first-order chi connectivity index (χ1) is 13.2. The minimum Gasteiger partial charge on any atom is -0.379 e. The number of carbonyl (C=O) groups is 2. The summed E-state index contributed by atoms with van der Waals surface area (Å²) in [5, 5.41) is 5.54. The van der Waals surface area contributed by atoms with Gasteiger partial charge in [-0.1, -0.05) is 6.07 Å². The number of aromatic nitrogens is 2. The second kappa shape index (κ2) is 8.06. The molecule has 0 unspecified atom stereocenters. The molecule has 3 heterocycles. The van der Waals surface area contributed by atoms with Crippen molar-refractivity contribution in [3.05, 3.63) is 35.9 Å². The van der Waals surface area contributed by atoms with E-state index >= 15 is 0 Å². The van der Waals surface area contributed by atoms with E-state index in [1.165, 1.54) is 0 Å². The second-order valence-electron chi connectivity index (χ2n) is 7.04. The van der Waals surface area contributed by atoms with Crippen molar-refractivity contribution in [2.24, 2.45) is 0 Å². The molecule has 8 nitrogen and oxygen atoms in total. The standard InChI is InChI=1S/C19H25N5O3/c25-16(20-6-8-23-9-11-27-12-10-23)13-21-19(26)17-15-3-1-2-7-24(15)18(22-17)14-4-5-14/h1-3,7,14H,4-6,8-13H2,(H,20,25)(H,21,26). The van der Waals surface area contributed by atoms with Gasteiger partial charge in [-0.15, -0.1) is 0 Å². The van der Waals surface area contributed by atoms with Crippen LogP contribution in [0, 0.1) is 0 Å². The maximum absolute atomic E-state index is 12.6. The van der Waals surface area contributed by atoms with E-state index in [4.69, 9.17) is 4.74 Å². The Labute approximate surface area is 157 Å². The van der Waals surface area contributed by atoms with Crippen LogP contribution in [0.2, 0.25) is 0 Å². The lowest BCUT2D eigenvalue weighted by atomic mass is 10.3. The Hall–Kier alpha value is -2.45. The number of hydrogen-bond acceptors (Lipinski definition) is 5. The summed E-state index contributed by atoms with van der Waals surface area (Å²) in [5.41, 5.74) is 1.17. The van der Waals surface area contributed by atoms with Crippen LogP contribution in [-0.2, 0) is 9.53 Å². The number of rotatable bonds is 7. The summed E-state index contributed by atoms with van der Waals surface area (Å²) in [4.78, 5) is 31.4. The van der Waals surface area contributed by atoms with Gasteiger partial charge in [0.25, 0.3) is 5.91 Å². The lowest BCUT2D eigenvalue weighted by Crippen LogP contribution is -2.43. The summed E-state index contributed by atoms with van der Waals surface area (Å²) in [5.74, 6) is 0.868. The number of nitrogens with zero attached hydrogens (tertiary/aromatic N) is 3. The van der Waals surface area contributed by atoms with Crippen LogP contribution >= 0.6 is 0 Å². The molecule has 1 saturated carbocycles. The maximum Gasteiger partial charge on any atom is 0.272 e. The Kier molecular flexibility index (Phi) is 5.35. The molecule has 2 amide bonds. The molecule has 2 N–H and O–H groups in total. The molecule has 2 aliphatic rings. The first-order valence-electron chi connectivity index (χ1n) is 9.54. The van der Waals surface area contributed by atoms with E-state index in [9.17, 15) is 9.59 Å². The predicted molar refractivity (Wildman–Crippen MR) is 99.8 cm³/mol. The van der Waals surface area contributed by atoms with Gasteiger partial charge in [0.05, 0.1) is 25.3 Å². The molecule has 2 aromatic rings. The third-order valence-electron chi connectivity index (χ3n) is 5.00. The SMILES string of the molecule is O=C(CNC(=O)c1nc(C2CC2)n2ccccc12)NCCN1CCOCC1. The van der Waals surface area contributed by atoms with E-state index in [-0.39, 0.29) is 18.4 Å². The van der Waals surface area contributed by atoms with Gasteiger partial charge in [-0.05, 0) is 25.0 Å². The number of pyridine rings is 1. The van der Waals surface area contributed by atoms with Crippen LogP contribution < -0.4 is 10.6 Å². The Morgan fingerprint density at radius 1 is 1.19 bits per heavy atom. The molecule has 0 aromatic carbocycles. The van der Waals surface area contributed by atoms with Crippen LogP contribution in [-0.4, -0.2) is 72.0 Å². The second-order valence-corrected chi connectivity index (χ2v) is 7.04. The molecule has 1 aliphatic carbocycles. The minimum atomic E-state index is -0.311. The fourth-order valence-corrected chi connectivity index (χ4v) is 3.34. The van der Waals surface area contributed by atoms with Gasteiger partial charge in [0.2, 0.25) is 5.91 Å². The molecule has 1 aliphatic heterocycles. The summed E-state index contributed by atoms with van der Waals surface area (Å²) in [6.45, 7) is 4.57. The third kappa shape index (κ3) is 4.28. The molecule has 8 heteroatoms. The molecule has 144 valence electrons. The van der Waals surface area contributed by atoms with E-state index in [0.29, 0.717) is 18.2 Å². The first-order valence-corrected chi connectivity index (χ1v) is 9.54. The Morgan fingerprint density at radius 3 is 2.78 bits per heavy atom. The Bertz CT molecular complexity index is 824. The molecular formula is C19H25N5O3. The third-order valence-corrected chi connectivity index (χ3v) is 5.00. The van der Waals surface area contributed by atoms with Gasteiger partial charge in [0, 0.05) is 38.3 Å². The summed E-state index contributed by atoms with van der Waals surface area (Å²) < 4.78 is 7.28. The number of fused-ring (bicyclic) bond motifs is 1. The number of nitrogens with one attached hydrogen (secondary N) is 2. The topological polar surface area (TPSA) is 88.0 Å². The summed E-state index contributed by atoms with van der Waals surface area (Å²) in [6, 6.07) is 5.71. The molecule has 1 saturated heterocycles. The van der Waals surface area contributed by atoms with Gasteiger partial charge >= 0.3 is 0 Å². The highest BCUT2D eigenvalue weighted by atomic mass is 16.5. The molecule has 27 heavy (non-hydrogen) atoms. The zero-order chi connectivity index (χ0) is 18.6. The minimum absolute atomic E-state index is 0.0490. The molecule has 0 bridgehead atoms. The van der Waals surface area contributed by atoms with Crippen LogP contribution in [0.25, 0.3) is 5.52 Å². The van der Waals surface area contributed by atoms with Crippen molar-refractivity contribution >= 4 is 17.3 Å². The molecule has 0 atom stereocenters. The fourth-order valence-electron chi connectivity index (χ4n) is 3.34. The van der Waals surface area contributed by atoms with Crippen molar-refractivity contribution in [1.29, 1.82) is 0 Å². The molecule has 0 radical (unpaired) electrons. The van der Waals surface area contributed by atoms with Gasteiger partial charge in [-0.2, -0.15) is 0 Å². The molecular weight excluding hydrogens is 346 g/mol. The predicted octanol–water partition coefficient (Wildman–Crippen LogP) is 0.390. The van der Waals surface area contributed by atoms with E-state index < -0.39 is 0 Å². The number of morpholine rings is 1. The lowest BCUT2D eigenvalue weighted by Gasteiger charge is -2.26. The normalized spacial score (nSPS) is 17.8. The number of hydrogen-bond donors (Lipinski definition) is 2. The Balaban J connectivity index is 1.29. The number of amides is 2. The highest BCUT2D eigenvalue weighted by Crippen LogP contribution is 2.39. The van der Waals surface area contributed by atoms with Gasteiger partial charge in [0.15, 0.2) is 5.69 Å². The van der Waals surface area contributed by atoms with Crippen LogP contribution in [0.1, 0.15) is 35.1 Å². The van der Waals surface area contributed by atoms with Crippen molar-refractivity contribution in [3.63, 3.8) is 0 Å². The molecule has 2 aromatic heterocycles. The van der Waals surface area contributed by atoms with Gasteiger partial charge in [0.1, 0.15) is 5.82 Å². The number of ether oxygens (including phenoxy) is 1. The van der Waals surface area contributed by atoms with E-state index in [1.54, 1.807) is 0 Å². The maximum atomic E-state index is 12.6. The van der Waals surface area contributed by atoms with Crippen LogP contribution in [0.3, 0.4) is 0 Å². The average Bonchev–Trinajstić information content (AvgIpc) is 3.47. The largest absolute Gasteiger partial charge is 0.379 e.